The topological polar surface area (TPSA) is 148 Å². The van der Waals surface area contributed by atoms with Gasteiger partial charge < -0.3 is 25.2 Å². The monoisotopic (exact) mass is 430 g/mol. The summed E-state index contributed by atoms with van der Waals surface area (Å²) in [5, 5.41) is 13.4. The molecule has 11 heteroatoms. The molecule has 0 saturated heterocycles. The number of ether oxygens (including phenoxy) is 2. The van der Waals surface area contributed by atoms with Gasteiger partial charge in [-0.05, 0) is 26.3 Å². The van der Waals surface area contributed by atoms with Crippen LogP contribution in [-0.4, -0.2) is 61.4 Å². The number of hydrogen-bond donors (Lipinski definition) is 3. The van der Waals surface area contributed by atoms with Gasteiger partial charge in [0.1, 0.15) is 18.2 Å². The number of hydrogen-bond acceptors (Lipinski definition) is 7. The molecule has 3 N–H and O–H groups in total. The molecule has 0 saturated carbocycles. The van der Waals surface area contributed by atoms with Gasteiger partial charge in [0, 0.05) is 6.54 Å². The fourth-order valence-electron chi connectivity index (χ4n) is 2.04. The SMILES string of the molecule is CC(C)(C)OC(=O)NC(CS(=O)(=O)CCNC(=O)OCc1ccccc1)C(=O)O. The van der Waals surface area contributed by atoms with Crippen molar-refractivity contribution in [3.05, 3.63) is 35.9 Å². The van der Waals surface area contributed by atoms with Gasteiger partial charge in [0.25, 0.3) is 0 Å². The van der Waals surface area contributed by atoms with Crippen molar-refractivity contribution >= 4 is 28.0 Å². The van der Waals surface area contributed by atoms with Crippen molar-refractivity contribution in [1.82, 2.24) is 10.6 Å². The molecule has 1 unspecified atom stereocenters. The number of amides is 2. The average molecular weight is 430 g/mol. The van der Waals surface area contributed by atoms with Crippen LogP contribution in [0.1, 0.15) is 26.3 Å². The number of carboxylic acid groups (broad SMARTS) is 1. The number of carbonyl (C=O) groups is 3. The quantitative estimate of drug-likeness (QED) is 0.531. The van der Waals surface area contributed by atoms with Gasteiger partial charge in [0.05, 0.1) is 11.5 Å². The number of alkyl carbamates (subject to hydrolysis) is 2. The Hall–Kier alpha value is -2.82. The van der Waals surface area contributed by atoms with Crippen LogP contribution in [0.15, 0.2) is 30.3 Å². The zero-order valence-corrected chi connectivity index (χ0v) is 17.3. The highest BCUT2D eigenvalue weighted by atomic mass is 32.2. The lowest BCUT2D eigenvalue weighted by Crippen LogP contribution is -2.47. The Morgan fingerprint density at radius 2 is 1.72 bits per heavy atom. The minimum absolute atomic E-state index is 0.0281. The first-order valence-corrected chi connectivity index (χ1v) is 10.6. The third-order valence-corrected chi connectivity index (χ3v) is 4.97. The first kappa shape index (κ1) is 24.2. The molecule has 2 amide bonds. The summed E-state index contributed by atoms with van der Waals surface area (Å²) in [5.74, 6) is -2.88. The lowest BCUT2D eigenvalue weighted by Gasteiger charge is -2.22. The van der Waals surface area contributed by atoms with E-state index in [2.05, 4.69) is 5.32 Å². The van der Waals surface area contributed by atoms with Crippen molar-refractivity contribution in [1.29, 1.82) is 0 Å². The molecule has 0 heterocycles. The van der Waals surface area contributed by atoms with Crippen LogP contribution < -0.4 is 10.6 Å². The summed E-state index contributed by atoms with van der Waals surface area (Å²) in [7, 11) is -3.90. The first-order valence-electron chi connectivity index (χ1n) is 8.75. The second kappa shape index (κ2) is 10.6. The summed E-state index contributed by atoms with van der Waals surface area (Å²) < 4.78 is 34.1. The highest BCUT2D eigenvalue weighted by molar-refractivity contribution is 7.91. The molecule has 0 fully saturated rings. The van der Waals surface area contributed by atoms with Gasteiger partial charge >= 0.3 is 18.2 Å². The Balaban J connectivity index is 2.46. The molecular formula is C18H26N2O8S. The number of aliphatic carboxylic acids is 1. The van der Waals surface area contributed by atoms with Crippen LogP contribution in [0.3, 0.4) is 0 Å². The van der Waals surface area contributed by atoms with Crippen molar-refractivity contribution in [3.63, 3.8) is 0 Å². The van der Waals surface area contributed by atoms with Crippen LogP contribution in [0, 0.1) is 0 Å². The van der Waals surface area contributed by atoms with Crippen LogP contribution in [0.4, 0.5) is 9.59 Å². The van der Waals surface area contributed by atoms with Gasteiger partial charge in [-0.15, -0.1) is 0 Å². The maximum Gasteiger partial charge on any atom is 0.408 e. The first-order chi connectivity index (χ1) is 13.4. The van der Waals surface area contributed by atoms with Crippen LogP contribution in [0.5, 0.6) is 0 Å². The largest absolute Gasteiger partial charge is 0.480 e. The van der Waals surface area contributed by atoms with E-state index >= 15 is 0 Å². The lowest BCUT2D eigenvalue weighted by atomic mass is 10.2. The zero-order chi connectivity index (χ0) is 22.1. The van der Waals surface area contributed by atoms with E-state index in [0.29, 0.717) is 0 Å². The van der Waals surface area contributed by atoms with E-state index in [1.807, 2.05) is 11.4 Å². The number of carbonyl (C=O) groups excluding carboxylic acids is 2. The molecule has 0 bridgehead atoms. The number of benzene rings is 1. The van der Waals surface area contributed by atoms with Crippen molar-refractivity contribution in [3.8, 4) is 0 Å². The molecule has 1 aromatic carbocycles. The number of carboxylic acids is 1. The summed E-state index contributed by atoms with van der Waals surface area (Å²) in [6.07, 6.45) is -1.84. The highest BCUT2D eigenvalue weighted by Crippen LogP contribution is 2.07. The van der Waals surface area contributed by atoms with E-state index in [-0.39, 0.29) is 13.2 Å². The predicted octanol–water partition coefficient (Wildman–Crippen LogP) is 1.31. The number of rotatable bonds is 9. The Morgan fingerprint density at radius 1 is 1.10 bits per heavy atom. The van der Waals surface area contributed by atoms with Crippen LogP contribution >= 0.6 is 0 Å². The molecule has 162 valence electrons. The maximum absolute atomic E-state index is 12.1. The van der Waals surface area contributed by atoms with E-state index in [1.165, 1.54) is 0 Å². The smallest absolute Gasteiger partial charge is 0.408 e. The average Bonchev–Trinajstić information content (AvgIpc) is 2.58. The third kappa shape index (κ3) is 10.9. The molecule has 0 aliphatic carbocycles. The predicted molar refractivity (Wildman–Crippen MR) is 104 cm³/mol. The second-order valence-corrected chi connectivity index (χ2v) is 9.37. The highest BCUT2D eigenvalue weighted by Gasteiger charge is 2.28. The molecule has 1 rings (SSSR count). The van der Waals surface area contributed by atoms with Gasteiger partial charge in [-0.2, -0.15) is 0 Å². The van der Waals surface area contributed by atoms with E-state index in [4.69, 9.17) is 14.6 Å². The Bertz CT molecular complexity index is 803. The van der Waals surface area contributed by atoms with E-state index in [9.17, 15) is 22.8 Å². The molecule has 0 aliphatic heterocycles. The van der Waals surface area contributed by atoms with Gasteiger partial charge in [-0.3, -0.25) is 0 Å². The second-order valence-electron chi connectivity index (χ2n) is 7.14. The van der Waals surface area contributed by atoms with Crippen LogP contribution in [0.25, 0.3) is 0 Å². The molecule has 10 nitrogen and oxygen atoms in total. The van der Waals surface area contributed by atoms with Crippen LogP contribution in [0.2, 0.25) is 0 Å². The minimum atomic E-state index is -3.90. The van der Waals surface area contributed by atoms with E-state index < -0.39 is 51.1 Å². The molecule has 0 spiro atoms. The molecule has 29 heavy (non-hydrogen) atoms. The summed E-state index contributed by atoms with van der Waals surface area (Å²) in [5.41, 5.74) is -0.0939. The van der Waals surface area contributed by atoms with Crippen molar-refractivity contribution < 1.29 is 37.4 Å². The molecule has 1 aromatic rings. The number of nitrogens with one attached hydrogen (secondary N) is 2. The van der Waals surface area contributed by atoms with Gasteiger partial charge in [0.15, 0.2) is 9.84 Å². The number of sulfone groups is 1. The summed E-state index contributed by atoms with van der Waals surface area (Å²) in [6, 6.07) is 7.24. The molecule has 1 atom stereocenters. The molecule has 0 aromatic heterocycles. The van der Waals surface area contributed by atoms with Crippen molar-refractivity contribution in [2.45, 2.75) is 39.0 Å². The Labute approximate surface area is 169 Å². The molecule has 0 aliphatic rings. The fraction of sp³-hybridized carbons (Fsp3) is 0.500. The normalized spacial score (nSPS) is 12.5. The lowest BCUT2D eigenvalue weighted by molar-refractivity contribution is -0.138. The van der Waals surface area contributed by atoms with Gasteiger partial charge in [0.2, 0.25) is 0 Å². The van der Waals surface area contributed by atoms with Crippen molar-refractivity contribution in [2.24, 2.45) is 0 Å². The Kier molecular flexibility index (Phi) is 8.89. The van der Waals surface area contributed by atoms with Gasteiger partial charge in [-0.1, -0.05) is 30.3 Å². The summed E-state index contributed by atoms with van der Waals surface area (Å²) >= 11 is 0. The van der Waals surface area contributed by atoms with Crippen LogP contribution in [-0.2, 0) is 30.7 Å². The zero-order valence-electron chi connectivity index (χ0n) is 16.5. The molecular weight excluding hydrogens is 404 g/mol. The summed E-state index contributed by atoms with van der Waals surface area (Å²) in [4.78, 5) is 34.6. The van der Waals surface area contributed by atoms with E-state index in [0.717, 1.165) is 5.56 Å². The van der Waals surface area contributed by atoms with Gasteiger partial charge in [-0.25, -0.2) is 22.8 Å². The Morgan fingerprint density at radius 3 is 2.28 bits per heavy atom. The summed E-state index contributed by atoms with van der Waals surface area (Å²) in [6.45, 7) is 4.51. The van der Waals surface area contributed by atoms with Crippen molar-refractivity contribution in [2.75, 3.05) is 18.1 Å². The standard InChI is InChI=1S/C18H26N2O8S/c1-18(2,3)28-17(24)20-14(15(21)22)12-29(25,26)10-9-19-16(23)27-11-13-7-5-4-6-8-13/h4-8,14H,9-12H2,1-3H3,(H,19,23)(H,20,24)(H,21,22). The fourth-order valence-corrected chi connectivity index (χ4v) is 3.36. The van der Waals surface area contributed by atoms with E-state index in [1.54, 1.807) is 45.0 Å². The third-order valence-electron chi connectivity index (χ3n) is 3.30. The minimum Gasteiger partial charge on any atom is -0.480 e. The maximum atomic E-state index is 12.1. The molecule has 0 radical (unpaired) electrons.